The van der Waals surface area contributed by atoms with Crippen molar-refractivity contribution in [3.63, 3.8) is 0 Å². The second kappa shape index (κ2) is 3.84. The normalized spacial score (nSPS) is 20.6. The first-order chi connectivity index (χ1) is 6.31. The van der Waals surface area contributed by atoms with Crippen LogP contribution in [0.15, 0.2) is 18.2 Å². The summed E-state index contributed by atoms with van der Waals surface area (Å²) in [5.41, 5.74) is 1.29. The highest BCUT2D eigenvalue weighted by atomic mass is 127. The molecule has 0 aliphatic carbocycles. The van der Waals surface area contributed by atoms with Crippen molar-refractivity contribution in [1.82, 2.24) is 5.32 Å². The van der Waals surface area contributed by atoms with E-state index in [9.17, 15) is 0 Å². The highest BCUT2D eigenvalue weighted by molar-refractivity contribution is 14.1. The van der Waals surface area contributed by atoms with E-state index in [0.717, 1.165) is 18.8 Å². The van der Waals surface area contributed by atoms with Crippen molar-refractivity contribution in [2.75, 3.05) is 13.7 Å². The molecule has 3 heteroatoms. The molecule has 1 aliphatic heterocycles. The molecule has 0 bridgehead atoms. The summed E-state index contributed by atoms with van der Waals surface area (Å²) in [7, 11) is 2.00. The zero-order chi connectivity index (χ0) is 9.26. The van der Waals surface area contributed by atoms with E-state index in [4.69, 9.17) is 4.74 Å². The van der Waals surface area contributed by atoms with E-state index in [1.54, 1.807) is 0 Å². The molecule has 1 unspecified atom stereocenters. The summed E-state index contributed by atoms with van der Waals surface area (Å²) in [4.78, 5) is 0. The molecule has 1 atom stereocenters. The zero-order valence-electron chi connectivity index (χ0n) is 7.51. The Bertz CT molecular complexity index is 314. The van der Waals surface area contributed by atoms with E-state index in [0.29, 0.717) is 6.04 Å². The van der Waals surface area contributed by atoms with Gasteiger partial charge >= 0.3 is 0 Å². The standard InChI is InChI=1S/C10H12INO/c1-12-9-4-5-13-10-6-7(11)2-3-8(9)10/h2-3,6,9,12H,4-5H2,1H3. The minimum atomic E-state index is 0.459. The molecule has 0 aromatic heterocycles. The molecule has 0 spiro atoms. The fraction of sp³-hybridized carbons (Fsp3) is 0.400. The molecule has 1 aromatic rings. The van der Waals surface area contributed by atoms with Crippen LogP contribution in [0.2, 0.25) is 0 Å². The molecule has 0 fully saturated rings. The Morgan fingerprint density at radius 3 is 3.15 bits per heavy atom. The van der Waals surface area contributed by atoms with E-state index >= 15 is 0 Å². The van der Waals surface area contributed by atoms with Gasteiger partial charge in [0.2, 0.25) is 0 Å². The van der Waals surface area contributed by atoms with Crippen molar-refractivity contribution in [3.05, 3.63) is 27.3 Å². The van der Waals surface area contributed by atoms with Crippen molar-refractivity contribution in [1.29, 1.82) is 0 Å². The maximum absolute atomic E-state index is 5.59. The second-order valence-electron chi connectivity index (χ2n) is 3.16. The van der Waals surface area contributed by atoms with Crippen LogP contribution in [0, 0.1) is 3.57 Å². The number of nitrogens with one attached hydrogen (secondary N) is 1. The second-order valence-corrected chi connectivity index (χ2v) is 4.41. The SMILES string of the molecule is CNC1CCOc2cc(I)ccc21. The summed E-state index contributed by atoms with van der Waals surface area (Å²) < 4.78 is 6.82. The number of fused-ring (bicyclic) bond motifs is 1. The highest BCUT2D eigenvalue weighted by Crippen LogP contribution is 2.32. The van der Waals surface area contributed by atoms with Gasteiger partial charge in [-0.2, -0.15) is 0 Å². The number of benzene rings is 1. The third-order valence-corrected chi connectivity index (χ3v) is 3.03. The molecule has 70 valence electrons. The van der Waals surface area contributed by atoms with Gasteiger partial charge in [-0.3, -0.25) is 0 Å². The van der Waals surface area contributed by atoms with E-state index in [2.05, 4.69) is 46.1 Å². The number of rotatable bonds is 1. The Morgan fingerprint density at radius 2 is 2.38 bits per heavy atom. The molecule has 2 nitrogen and oxygen atoms in total. The molecule has 0 saturated heterocycles. The maximum atomic E-state index is 5.59. The minimum Gasteiger partial charge on any atom is -0.493 e. The fourth-order valence-corrected chi connectivity index (χ4v) is 2.13. The maximum Gasteiger partial charge on any atom is 0.125 e. The summed E-state index contributed by atoms with van der Waals surface area (Å²) in [6.07, 6.45) is 1.06. The van der Waals surface area contributed by atoms with Crippen molar-refractivity contribution in [3.8, 4) is 5.75 Å². The number of ether oxygens (including phenoxy) is 1. The first-order valence-corrected chi connectivity index (χ1v) is 5.48. The average Bonchev–Trinajstić information content (AvgIpc) is 2.16. The summed E-state index contributed by atoms with van der Waals surface area (Å²) in [5.74, 6) is 1.04. The zero-order valence-corrected chi connectivity index (χ0v) is 9.67. The van der Waals surface area contributed by atoms with E-state index in [-0.39, 0.29) is 0 Å². The topological polar surface area (TPSA) is 21.3 Å². The Morgan fingerprint density at radius 1 is 1.54 bits per heavy atom. The average molecular weight is 289 g/mol. The van der Waals surface area contributed by atoms with Gasteiger partial charge in [0, 0.05) is 21.6 Å². The molecular weight excluding hydrogens is 277 g/mol. The van der Waals surface area contributed by atoms with Gasteiger partial charge in [0.05, 0.1) is 6.61 Å². The third-order valence-electron chi connectivity index (χ3n) is 2.36. The largest absolute Gasteiger partial charge is 0.493 e. The van der Waals surface area contributed by atoms with Crippen LogP contribution in [0.1, 0.15) is 18.0 Å². The molecule has 0 amide bonds. The van der Waals surface area contributed by atoms with Gasteiger partial charge in [0.15, 0.2) is 0 Å². The molecule has 2 rings (SSSR count). The Hall–Kier alpha value is -0.290. The van der Waals surface area contributed by atoms with Crippen molar-refractivity contribution in [2.24, 2.45) is 0 Å². The van der Waals surface area contributed by atoms with Crippen molar-refractivity contribution < 1.29 is 4.74 Å². The number of halogens is 1. The van der Waals surface area contributed by atoms with Crippen LogP contribution in [0.4, 0.5) is 0 Å². The van der Waals surface area contributed by atoms with Gasteiger partial charge in [0.1, 0.15) is 5.75 Å². The molecule has 0 radical (unpaired) electrons. The summed E-state index contributed by atoms with van der Waals surface area (Å²) in [6, 6.07) is 6.83. The van der Waals surface area contributed by atoms with Gasteiger partial charge in [-0.1, -0.05) is 6.07 Å². The Kier molecular flexibility index (Phi) is 2.74. The molecule has 1 heterocycles. The lowest BCUT2D eigenvalue weighted by atomic mass is 10.0. The fourth-order valence-electron chi connectivity index (χ4n) is 1.66. The summed E-state index contributed by atoms with van der Waals surface area (Å²) >= 11 is 2.30. The van der Waals surface area contributed by atoms with E-state index in [1.807, 2.05) is 7.05 Å². The van der Waals surface area contributed by atoms with E-state index < -0.39 is 0 Å². The van der Waals surface area contributed by atoms with Gasteiger partial charge in [-0.05, 0) is 41.8 Å². The van der Waals surface area contributed by atoms with Crippen LogP contribution in [0.25, 0.3) is 0 Å². The molecule has 13 heavy (non-hydrogen) atoms. The van der Waals surface area contributed by atoms with E-state index in [1.165, 1.54) is 9.13 Å². The number of hydrogen-bond acceptors (Lipinski definition) is 2. The van der Waals surface area contributed by atoms with Crippen molar-refractivity contribution >= 4 is 22.6 Å². The van der Waals surface area contributed by atoms with Crippen LogP contribution < -0.4 is 10.1 Å². The first kappa shape index (κ1) is 9.27. The Labute approximate surface area is 91.8 Å². The third kappa shape index (κ3) is 1.81. The minimum absolute atomic E-state index is 0.459. The number of hydrogen-bond donors (Lipinski definition) is 1. The monoisotopic (exact) mass is 289 g/mol. The molecule has 1 N–H and O–H groups in total. The lowest BCUT2D eigenvalue weighted by Crippen LogP contribution is -2.23. The van der Waals surface area contributed by atoms with Crippen LogP contribution in [-0.2, 0) is 0 Å². The summed E-state index contributed by atoms with van der Waals surface area (Å²) in [6.45, 7) is 0.818. The smallest absolute Gasteiger partial charge is 0.125 e. The van der Waals surface area contributed by atoms with Gasteiger partial charge in [-0.25, -0.2) is 0 Å². The predicted molar refractivity (Wildman–Crippen MR) is 61.1 cm³/mol. The van der Waals surface area contributed by atoms with Crippen LogP contribution in [0.3, 0.4) is 0 Å². The Balaban J connectivity index is 2.40. The molecule has 1 aliphatic rings. The predicted octanol–water partition coefficient (Wildman–Crippen LogP) is 2.33. The van der Waals surface area contributed by atoms with Gasteiger partial charge in [-0.15, -0.1) is 0 Å². The molecule has 1 aromatic carbocycles. The van der Waals surface area contributed by atoms with Gasteiger partial charge in [0.25, 0.3) is 0 Å². The first-order valence-electron chi connectivity index (χ1n) is 4.41. The van der Waals surface area contributed by atoms with Gasteiger partial charge < -0.3 is 10.1 Å². The lowest BCUT2D eigenvalue weighted by molar-refractivity contribution is 0.257. The molecular formula is C10H12INO. The van der Waals surface area contributed by atoms with Crippen LogP contribution >= 0.6 is 22.6 Å². The highest BCUT2D eigenvalue weighted by Gasteiger charge is 2.19. The molecule has 0 saturated carbocycles. The van der Waals surface area contributed by atoms with Crippen LogP contribution in [-0.4, -0.2) is 13.7 Å². The summed E-state index contributed by atoms with van der Waals surface area (Å²) in [5, 5.41) is 3.30. The van der Waals surface area contributed by atoms with Crippen molar-refractivity contribution in [2.45, 2.75) is 12.5 Å². The van der Waals surface area contributed by atoms with Crippen LogP contribution in [0.5, 0.6) is 5.75 Å². The lowest BCUT2D eigenvalue weighted by Gasteiger charge is -2.25. The quantitative estimate of drug-likeness (QED) is 0.801.